The Kier molecular flexibility index (Phi) is 5.87. The lowest BCUT2D eigenvalue weighted by Gasteiger charge is -2.06. The molecule has 128 valence electrons. The Balaban J connectivity index is 1.84. The second-order valence-corrected chi connectivity index (χ2v) is 7.76. The average Bonchev–Trinajstić information content (AvgIpc) is 3.05. The van der Waals surface area contributed by atoms with Gasteiger partial charge in [0.05, 0.1) is 20.6 Å². The normalized spacial score (nSPS) is 10.9. The van der Waals surface area contributed by atoms with Crippen LogP contribution in [0.5, 0.6) is 0 Å². The first kappa shape index (κ1) is 18.5. The Morgan fingerprint density at radius 1 is 1.04 bits per heavy atom. The second kappa shape index (κ2) is 7.94. The number of halogens is 4. The van der Waals surface area contributed by atoms with E-state index in [1.807, 2.05) is 18.2 Å². The number of carbonyl (C=O) groups is 1. The molecule has 1 heterocycles. The molecule has 0 atom stereocenters. The topological polar surface area (TPSA) is 42.0 Å². The number of amides is 1. The number of carbonyl (C=O) groups excluding carboxylic acids is 1. The maximum absolute atomic E-state index is 11.5. The van der Waals surface area contributed by atoms with E-state index in [2.05, 4.69) is 9.69 Å². The van der Waals surface area contributed by atoms with Crippen LogP contribution in [0.3, 0.4) is 0 Å². The van der Waals surface area contributed by atoms with Crippen molar-refractivity contribution in [3.05, 3.63) is 58.6 Å². The smallest absolute Gasteiger partial charge is 0.257 e. The monoisotopic (exact) mass is 430 g/mol. The quantitative estimate of drug-likeness (QED) is 0.477. The lowest BCUT2D eigenvalue weighted by atomic mass is 10.1. The summed E-state index contributed by atoms with van der Waals surface area (Å²) < 4.78 is 4.46. The van der Waals surface area contributed by atoms with Crippen LogP contribution >= 0.6 is 57.9 Å². The van der Waals surface area contributed by atoms with Gasteiger partial charge < -0.3 is 5.32 Å². The molecule has 0 bridgehead atoms. The van der Waals surface area contributed by atoms with Gasteiger partial charge in [0.15, 0.2) is 4.84 Å². The molecule has 0 unspecified atom stereocenters. The summed E-state index contributed by atoms with van der Waals surface area (Å²) in [6, 6.07) is 14.5. The molecule has 3 rings (SSSR count). The molecule has 0 spiro atoms. The van der Waals surface area contributed by atoms with Gasteiger partial charge in [-0.1, -0.05) is 64.6 Å². The van der Waals surface area contributed by atoms with E-state index in [9.17, 15) is 4.79 Å². The van der Waals surface area contributed by atoms with Crippen molar-refractivity contribution in [2.75, 3.05) is 5.32 Å². The molecule has 2 aromatic carbocycles. The molecule has 1 N–H and O–H groups in total. The summed E-state index contributed by atoms with van der Waals surface area (Å²) in [5.74, 6) is -0.472. The minimum absolute atomic E-state index is 0.472. The van der Waals surface area contributed by atoms with E-state index in [0.717, 1.165) is 21.7 Å². The predicted octanol–water partition coefficient (Wildman–Crippen LogP) is 6.53. The maximum atomic E-state index is 11.5. The fourth-order valence-corrected chi connectivity index (χ4v) is 3.84. The molecule has 0 aliphatic heterocycles. The van der Waals surface area contributed by atoms with Crippen molar-refractivity contribution in [3.8, 4) is 21.7 Å². The minimum Gasteiger partial charge on any atom is -0.324 e. The summed E-state index contributed by atoms with van der Waals surface area (Å²) in [5.41, 5.74) is 3.07. The van der Waals surface area contributed by atoms with Crippen LogP contribution in [0.15, 0.2) is 48.5 Å². The first-order chi connectivity index (χ1) is 12.0. The lowest BCUT2D eigenvalue weighted by Crippen LogP contribution is -2.18. The van der Waals surface area contributed by atoms with E-state index in [1.54, 1.807) is 30.3 Å². The lowest BCUT2D eigenvalue weighted by molar-refractivity contribution is -0.114. The van der Waals surface area contributed by atoms with Crippen molar-refractivity contribution < 1.29 is 4.79 Å². The Hall–Kier alpha value is -1.30. The van der Waals surface area contributed by atoms with Gasteiger partial charge >= 0.3 is 0 Å². The molecule has 0 fully saturated rings. The number of rotatable bonds is 4. The fourth-order valence-electron chi connectivity index (χ4n) is 2.18. The highest BCUT2D eigenvalue weighted by Gasteiger charge is 2.14. The summed E-state index contributed by atoms with van der Waals surface area (Å²) in [5, 5.41) is 3.77. The van der Waals surface area contributed by atoms with Crippen molar-refractivity contribution in [2.24, 2.45) is 0 Å². The van der Waals surface area contributed by atoms with Crippen LogP contribution in [-0.4, -0.2) is 15.1 Å². The zero-order chi connectivity index (χ0) is 18.0. The van der Waals surface area contributed by atoms with Gasteiger partial charge in [-0.05, 0) is 41.9 Å². The number of hydrogen-bond donors (Lipinski definition) is 1. The minimum atomic E-state index is -1.11. The Labute approximate surface area is 168 Å². The molecule has 0 saturated carbocycles. The summed E-state index contributed by atoms with van der Waals surface area (Å²) in [4.78, 5) is 11.3. The van der Waals surface area contributed by atoms with Crippen molar-refractivity contribution >= 4 is 69.5 Å². The number of alkyl halides is 2. The van der Waals surface area contributed by atoms with E-state index in [1.165, 1.54) is 11.5 Å². The molecule has 25 heavy (non-hydrogen) atoms. The summed E-state index contributed by atoms with van der Waals surface area (Å²) in [6.45, 7) is 0. The van der Waals surface area contributed by atoms with Crippen LogP contribution in [0, 0.1) is 0 Å². The highest BCUT2D eigenvalue weighted by molar-refractivity contribution is 7.10. The number of hydrogen-bond acceptors (Lipinski definition) is 3. The zero-order valence-electron chi connectivity index (χ0n) is 12.5. The molecule has 0 radical (unpaired) electrons. The standard InChI is InChI=1S/C17H10Cl4N2OS/c18-11-2-1-3-12(19)15(11)14-8-13(23-25-14)9-4-6-10(7-5-9)22-17(24)16(20)21/h1-8,16H,(H,22,24). The van der Waals surface area contributed by atoms with Crippen molar-refractivity contribution in [1.29, 1.82) is 0 Å². The van der Waals surface area contributed by atoms with E-state index in [4.69, 9.17) is 46.4 Å². The Morgan fingerprint density at radius 3 is 2.28 bits per heavy atom. The van der Waals surface area contributed by atoms with Gasteiger partial charge in [-0.3, -0.25) is 4.79 Å². The first-order valence-corrected chi connectivity index (χ1v) is 9.46. The largest absolute Gasteiger partial charge is 0.324 e. The van der Waals surface area contributed by atoms with Gasteiger partial charge in [0.1, 0.15) is 0 Å². The highest BCUT2D eigenvalue weighted by atomic mass is 35.5. The molecular formula is C17H10Cl4N2OS. The van der Waals surface area contributed by atoms with Crippen LogP contribution in [0.2, 0.25) is 10.0 Å². The molecular weight excluding hydrogens is 422 g/mol. The number of anilines is 1. The van der Waals surface area contributed by atoms with Gasteiger partial charge in [0.2, 0.25) is 0 Å². The molecule has 1 amide bonds. The van der Waals surface area contributed by atoms with Crippen LogP contribution < -0.4 is 5.32 Å². The molecule has 0 aliphatic carbocycles. The number of nitrogens with one attached hydrogen (secondary N) is 1. The third kappa shape index (κ3) is 4.27. The second-order valence-electron chi connectivity index (χ2n) is 5.04. The Bertz CT molecular complexity index is 889. The van der Waals surface area contributed by atoms with Gasteiger partial charge in [0.25, 0.3) is 5.91 Å². The third-order valence-corrected chi connectivity index (χ3v) is 5.20. The molecule has 3 nitrogen and oxygen atoms in total. The van der Waals surface area contributed by atoms with Gasteiger partial charge in [0, 0.05) is 16.8 Å². The van der Waals surface area contributed by atoms with E-state index >= 15 is 0 Å². The summed E-state index contributed by atoms with van der Waals surface area (Å²) in [7, 11) is 0. The number of nitrogens with zero attached hydrogens (tertiary/aromatic N) is 1. The van der Waals surface area contributed by atoms with E-state index < -0.39 is 10.7 Å². The van der Waals surface area contributed by atoms with Crippen molar-refractivity contribution in [1.82, 2.24) is 4.37 Å². The SMILES string of the molecule is O=C(Nc1ccc(-c2cc(-c3c(Cl)cccc3Cl)sn2)cc1)C(Cl)Cl. The maximum Gasteiger partial charge on any atom is 0.257 e. The van der Waals surface area contributed by atoms with Crippen LogP contribution in [0.1, 0.15) is 0 Å². The number of benzene rings is 2. The van der Waals surface area contributed by atoms with Crippen LogP contribution in [-0.2, 0) is 4.79 Å². The summed E-state index contributed by atoms with van der Waals surface area (Å²) in [6.07, 6.45) is 0. The number of aromatic nitrogens is 1. The average molecular weight is 432 g/mol. The summed E-state index contributed by atoms with van der Waals surface area (Å²) >= 11 is 24.8. The van der Waals surface area contributed by atoms with Gasteiger partial charge in [-0.25, -0.2) is 0 Å². The molecule has 8 heteroatoms. The van der Waals surface area contributed by atoms with Crippen LogP contribution in [0.4, 0.5) is 5.69 Å². The fraction of sp³-hybridized carbons (Fsp3) is 0.0588. The Morgan fingerprint density at radius 2 is 1.68 bits per heavy atom. The van der Waals surface area contributed by atoms with Gasteiger partial charge in [-0.2, -0.15) is 4.37 Å². The van der Waals surface area contributed by atoms with Crippen molar-refractivity contribution in [3.63, 3.8) is 0 Å². The van der Waals surface area contributed by atoms with Crippen molar-refractivity contribution in [2.45, 2.75) is 4.84 Å². The molecule has 3 aromatic rings. The third-order valence-electron chi connectivity index (χ3n) is 3.37. The molecule has 1 aromatic heterocycles. The molecule has 0 saturated heterocycles. The van der Waals surface area contributed by atoms with Gasteiger partial charge in [-0.15, -0.1) is 0 Å². The van der Waals surface area contributed by atoms with Crippen LogP contribution in [0.25, 0.3) is 21.7 Å². The zero-order valence-corrected chi connectivity index (χ0v) is 16.3. The molecule has 0 aliphatic rings. The highest BCUT2D eigenvalue weighted by Crippen LogP contribution is 2.38. The van der Waals surface area contributed by atoms with E-state index in [-0.39, 0.29) is 0 Å². The predicted molar refractivity (Wildman–Crippen MR) is 107 cm³/mol. The van der Waals surface area contributed by atoms with E-state index in [0.29, 0.717) is 15.7 Å². The first-order valence-electron chi connectivity index (χ1n) is 7.06.